The number of nitrogens with one attached hydrogen (secondary N) is 1. The standard InChI is InChI=1S/C8H12N2O4S/c11-6-3-5(8(13)14)10(4-9-6)7(12)1-2-15/h5,15H,1-4H2,(H,9,11)(H,13,14). The fourth-order valence-corrected chi connectivity index (χ4v) is 1.55. The van der Waals surface area contributed by atoms with Crippen LogP contribution in [0.4, 0.5) is 0 Å². The Morgan fingerprint density at radius 1 is 1.60 bits per heavy atom. The van der Waals surface area contributed by atoms with Gasteiger partial charge in [0.1, 0.15) is 6.04 Å². The molecule has 84 valence electrons. The van der Waals surface area contributed by atoms with Crippen LogP contribution in [0.1, 0.15) is 12.8 Å². The highest BCUT2D eigenvalue weighted by molar-refractivity contribution is 7.80. The summed E-state index contributed by atoms with van der Waals surface area (Å²) in [5.41, 5.74) is 0. The number of hydrogen-bond donors (Lipinski definition) is 3. The average Bonchev–Trinajstić information content (AvgIpc) is 2.17. The maximum Gasteiger partial charge on any atom is 0.327 e. The molecule has 0 bridgehead atoms. The van der Waals surface area contributed by atoms with E-state index in [1.807, 2.05) is 0 Å². The molecule has 1 aliphatic heterocycles. The minimum absolute atomic E-state index is 0.0393. The van der Waals surface area contributed by atoms with E-state index in [1.165, 1.54) is 0 Å². The maximum absolute atomic E-state index is 11.5. The molecule has 1 unspecified atom stereocenters. The van der Waals surface area contributed by atoms with Crippen LogP contribution < -0.4 is 5.32 Å². The first-order valence-electron chi connectivity index (χ1n) is 4.46. The van der Waals surface area contributed by atoms with Crippen molar-refractivity contribution in [3.8, 4) is 0 Å². The van der Waals surface area contributed by atoms with Crippen molar-refractivity contribution in [1.29, 1.82) is 0 Å². The molecule has 0 saturated carbocycles. The van der Waals surface area contributed by atoms with Crippen LogP contribution >= 0.6 is 12.6 Å². The van der Waals surface area contributed by atoms with Gasteiger partial charge in [-0.3, -0.25) is 9.59 Å². The first-order chi connectivity index (χ1) is 7.06. The lowest BCUT2D eigenvalue weighted by Gasteiger charge is -2.32. The van der Waals surface area contributed by atoms with Crippen molar-refractivity contribution < 1.29 is 19.5 Å². The van der Waals surface area contributed by atoms with E-state index in [2.05, 4.69) is 17.9 Å². The van der Waals surface area contributed by atoms with Crippen LogP contribution in [-0.4, -0.2) is 46.3 Å². The highest BCUT2D eigenvalue weighted by atomic mass is 32.1. The van der Waals surface area contributed by atoms with E-state index in [0.29, 0.717) is 5.75 Å². The van der Waals surface area contributed by atoms with Gasteiger partial charge in [-0.2, -0.15) is 12.6 Å². The minimum Gasteiger partial charge on any atom is -0.480 e. The molecule has 0 radical (unpaired) electrons. The molecule has 1 fully saturated rings. The Kier molecular flexibility index (Phi) is 3.96. The first kappa shape index (κ1) is 11.8. The van der Waals surface area contributed by atoms with Crippen molar-refractivity contribution in [3.05, 3.63) is 0 Å². The van der Waals surface area contributed by atoms with Gasteiger partial charge >= 0.3 is 5.97 Å². The summed E-state index contributed by atoms with van der Waals surface area (Å²) in [6, 6.07) is -1.05. The lowest BCUT2D eigenvalue weighted by Crippen LogP contribution is -2.56. The third kappa shape index (κ3) is 2.85. The van der Waals surface area contributed by atoms with Crippen LogP contribution in [0.5, 0.6) is 0 Å². The third-order valence-corrected chi connectivity index (χ3v) is 2.36. The summed E-state index contributed by atoms with van der Waals surface area (Å²) in [7, 11) is 0. The molecule has 1 atom stereocenters. The number of thiol groups is 1. The predicted octanol–water partition coefficient (Wildman–Crippen LogP) is -0.935. The van der Waals surface area contributed by atoms with Gasteiger partial charge in [0.05, 0.1) is 13.1 Å². The highest BCUT2D eigenvalue weighted by Crippen LogP contribution is 2.11. The van der Waals surface area contributed by atoms with Crippen molar-refractivity contribution >= 4 is 30.4 Å². The largest absolute Gasteiger partial charge is 0.480 e. The molecule has 6 nitrogen and oxygen atoms in total. The molecule has 2 N–H and O–H groups in total. The van der Waals surface area contributed by atoms with Gasteiger partial charge in [0.25, 0.3) is 0 Å². The van der Waals surface area contributed by atoms with E-state index in [1.54, 1.807) is 0 Å². The summed E-state index contributed by atoms with van der Waals surface area (Å²) < 4.78 is 0. The smallest absolute Gasteiger partial charge is 0.327 e. The van der Waals surface area contributed by atoms with E-state index in [-0.39, 0.29) is 31.3 Å². The second-order valence-electron chi connectivity index (χ2n) is 3.15. The molecule has 0 aromatic rings. The Labute approximate surface area is 92.0 Å². The Hall–Kier alpha value is -1.24. The Balaban J connectivity index is 2.72. The monoisotopic (exact) mass is 232 g/mol. The predicted molar refractivity (Wildman–Crippen MR) is 54.4 cm³/mol. The van der Waals surface area contributed by atoms with Gasteiger partial charge in [-0.1, -0.05) is 0 Å². The number of amides is 2. The van der Waals surface area contributed by atoms with Crippen molar-refractivity contribution in [2.45, 2.75) is 18.9 Å². The molecule has 0 spiro atoms. The summed E-state index contributed by atoms with van der Waals surface area (Å²) in [4.78, 5) is 34.4. The SMILES string of the molecule is O=C1CC(C(=O)O)N(C(=O)CCS)CN1. The molecular formula is C8H12N2O4S. The number of hydrogen-bond acceptors (Lipinski definition) is 4. The lowest BCUT2D eigenvalue weighted by molar-refractivity contribution is -0.155. The van der Waals surface area contributed by atoms with Crippen molar-refractivity contribution in [2.24, 2.45) is 0 Å². The Morgan fingerprint density at radius 3 is 2.80 bits per heavy atom. The molecular weight excluding hydrogens is 220 g/mol. The van der Waals surface area contributed by atoms with Gasteiger partial charge < -0.3 is 15.3 Å². The van der Waals surface area contributed by atoms with Gasteiger partial charge in [-0.05, 0) is 5.75 Å². The fourth-order valence-electron chi connectivity index (χ4n) is 1.36. The van der Waals surface area contributed by atoms with Crippen LogP contribution in [0, 0.1) is 0 Å². The van der Waals surface area contributed by atoms with Crippen molar-refractivity contribution in [2.75, 3.05) is 12.4 Å². The first-order valence-corrected chi connectivity index (χ1v) is 5.09. The van der Waals surface area contributed by atoms with Gasteiger partial charge in [-0.25, -0.2) is 4.79 Å². The molecule has 1 saturated heterocycles. The van der Waals surface area contributed by atoms with Crippen LogP contribution in [0.2, 0.25) is 0 Å². The number of aliphatic carboxylic acids is 1. The van der Waals surface area contributed by atoms with E-state index < -0.39 is 12.0 Å². The topological polar surface area (TPSA) is 86.7 Å². The summed E-state index contributed by atoms with van der Waals surface area (Å²) in [5.74, 6) is -1.46. The van der Waals surface area contributed by atoms with Gasteiger partial charge in [-0.15, -0.1) is 0 Å². The van der Waals surface area contributed by atoms with Gasteiger partial charge in [0, 0.05) is 6.42 Å². The van der Waals surface area contributed by atoms with Gasteiger partial charge in [0.2, 0.25) is 11.8 Å². The molecule has 7 heteroatoms. The molecule has 0 aromatic heterocycles. The Morgan fingerprint density at radius 2 is 2.27 bits per heavy atom. The lowest BCUT2D eigenvalue weighted by atomic mass is 10.1. The summed E-state index contributed by atoms with van der Waals surface area (Å²) in [6.07, 6.45) is -0.0175. The molecule has 2 amide bonds. The zero-order chi connectivity index (χ0) is 11.4. The fraction of sp³-hybridized carbons (Fsp3) is 0.625. The molecule has 1 rings (SSSR count). The van der Waals surface area contributed by atoms with E-state index in [0.717, 1.165) is 4.90 Å². The molecule has 0 aliphatic carbocycles. The van der Waals surface area contributed by atoms with E-state index in [9.17, 15) is 14.4 Å². The van der Waals surface area contributed by atoms with E-state index in [4.69, 9.17) is 5.11 Å². The van der Waals surface area contributed by atoms with Gasteiger partial charge in [0.15, 0.2) is 0 Å². The van der Waals surface area contributed by atoms with Crippen molar-refractivity contribution in [3.63, 3.8) is 0 Å². The quantitative estimate of drug-likeness (QED) is 0.548. The highest BCUT2D eigenvalue weighted by Gasteiger charge is 2.34. The summed E-state index contributed by atoms with van der Waals surface area (Å²) >= 11 is 3.90. The zero-order valence-corrected chi connectivity index (χ0v) is 8.87. The average molecular weight is 232 g/mol. The van der Waals surface area contributed by atoms with Crippen LogP contribution in [0.25, 0.3) is 0 Å². The number of carboxylic acids is 1. The molecule has 0 aromatic carbocycles. The summed E-state index contributed by atoms with van der Waals surface area (Å²) in [6.45, 7) is -0.0393. The normalized spacial score (nSPS) is 21.0. The molecule has 1 aliphatic rings. The number of carbonyl (C=O) groups excluding carboxylic acids is 2. The number of rotatable bonds is 3. The third-order valence-electron chi connectivity index (χ3n) is 2.13. The maximum atomic E-state index is 11.5. The van der Waals surface area contributed by atoms with Crippen molar-refractivity contribution in [1.82, 2.24) is 10.2 Å². The Bertz CT molecular complexity index is 294. The molecule has 1 heterocycles. The van der Waals surface area contributed by atoms with Crippen LogP contribution in [0.3, 0.4) is 0 Å². The number of carboxylic acid groups (broad SMARTS) is 1. The number of carbonyl (C=O) groups is 3. The second kappa shape index (κ2) is 5.01. The van der Waals surface area contributed by atoms with Crippen LogP contribution in [0.15, 0.2) is 0 Å². The second-order valence-corrected chi connectivity index (χ2v) is 3.60. The number of nitrogens with zero attached hydrogens (tertiary/aromatic N) is 1. The molecule has 15 heavy (non-hydrogen) atoms. The van der Waals surface area contributed by atoms with Crippen LogP contribution in [-0.2, 0) is 14.4 Å². The summed E-state index contributed by atoms with van der Waals surface area (Å²) in [5, 5.41) is 11.3. The minimum atomic E-state index is -1.16. The van der Waals surface area contributed by atoms with E-state index >= 15 is 0 Å². The zero-order valence-electron chi connectivity index (χ0n) is 7.97.